The number of nitrogens with zero attached hydrogens (tertiary/aromatic N) is 1. The lowest BCUT2D eigenvalue weighted by Gasteiger charge is -1.99. The Bertz CT molecular complexity index is 442. The lowest BCUT2D eigenvalue weighted by Crippen LogP contribution is -2.21. The second kappa shape index (κ2) is 5.27. The van der Waals surface area contributed by atoms with E-state index in [1.165, 1.54) is 11.3 Å². The van der Waals surface area contributed by atoms with E-state index in [1.54, 1.807) is 0 Å². The molecule has 0 aliphatic carbocycles. The minimum Gasteiger partial charge on any atom is -0.351 e. The third kappa shape index (κ3) is 2.82. The zero-order chi connectivity index (χ0) is 12.3. The molecule has 2 N–H and O–H groups in total. The van der Waals surface area contributed by atoms with Gasteiger partial charge in [0.1, 0.15) is 4.88 Å². The highest BCUT2D eigenvalue weighted by Gasteiger charge is 2.20. The maximum Gasteiger partial charge on any atom is 0.263 e. The largest absolute Gasteiger partial charge is 0.351 e. The van der Waals surface area contributed by atoms with E-state index in [0.717, 1.165) is 25.0 Å². The Morgan fingerprint density at radius 2 is 2.41 bits per heavy atom. The third-order valence-corrected chi connectivity index (χ3v) is 3.51. The normalized spacial score (nSPS) is 14.8. The Morgan fingerprint density at radius 3 is 3.18 bits per heavy atom. The number of amides is 2. The first-order valence-electron chi connectivity index (χ1n) is 5.78. The van der Waals surface area contributed by atoms with E-state index in [0.29, 0.717) is 23.0 Å². The average Bonchev–Trinajstić information content (AvgIpc) is 2.60. The first kappa shape index (κ1) is 12.0. The molecule has 1 aliphatic rings. The molecule has 1 aromatic heterocycles. The van der Waals surface area contributed by atoms with Gasteiger partial charge in [0.2, 0.25) is 5.91 Å². The van der Waals surface area contributed by atoms with Crippen LogP contribution >= 0.6 is 11.3 Å². The molecule has 0 bridgehead atoms. The molecule has 0 unspecified atom stereocenters. The topological polar surface area (TPSA) is 71.1 Å². The Balaban J connectivity index is 2.14. The van der Waals surface area contributed by atoms with Gasteiger partial charge in [0.05, 0.1) is 5.69 Å². The van der Waals surface area contributed by atoms with Crippen LogP contribution < -0.4 is 10.6 Å². The maximum atomic E-state index is 11.7. The molecule has 17 heavy (non-hydrogen) atoms. The number of nitrogens with one attached hydrogen (secondary N) is 2. The zero-order valence-corrected chi connectivity index (χ0v) is 10.5. The van der Waals surface area contributed by atoms with Crippen LogP contribution in [0.1, 0.15) is 41.6 Å². The number of rotatable bonds is 3. The van der Waals surface area contributed by atoms with Crippen LogP contribution in [0.4, 0.5) is 5.13 Å². The molecule has 92 valence electrons. The number of aromatic nitrogens is 1. The predicted octanol–water partition coefficient (Wildman–Crippen LogP) is 1.56. The molecule has 6 heteroatoms. The van der Waals surface area contributed by atoms with Gasteiger partial charge >= 0.3 is 0 Å². The summed E-state index contributed by atoms with van der Waals surface area (Å²) in [6.45, 7) is 2.64. The van der Waals surface area contributed by atoms with Crippen LogP contribution in [0.5, 0.6) is 0 Å². The van der Waals surface area contributed by atoms with Crippen molar-refractivity contribution in [3.05, 3.63) is 10.6 Å². The van der Waals surface area contributed by atoms with E-state index in [2.05, 4.69) is 15.6 Å². The van der Waals surface area contributed by atoms with Crippen molar-refractivity contribution in [2.45, 2.75) is 32.6 Å². The highest BCUT2D eigenvalue weighted by Crippen LogP contribution is 2.25. The summed E-state index contributed by atoms with van der Waals surface area (Å²) in [4.78, 5) is 28.0. The highest BCUT2D eigenvalue weighted by molar-refractivity contribution is 7.17. The first-order chi connectivity index (χ1) is 8.20. The van der Waals surface area contributed by atoms with E-state index in [4.69, 9.17) is 0 Å². The molecule has 0 atom stereocenters. The average molecular weight is 253 g/mol. The number of hydrogen-bond acceptors (Lipinski definition) is 4. The van der Waals surface area contributed by atoms with Gasteiger partial charge in [-0.05, 0) is 19.3 Å². The van der Waals surface area contributed by atoms with Crippen molar-refractivity contribution in [3.8, 4) is 0 Å². The summed E-state index contributed by atoms with van der Waals surface area (Å²) in [6, 6.07) is 0. The summed E-state index contributed by atoms with van der Waals surface area (Å²) in [7, 11) is 0. The van der Waals surface area contributed by atoms with Gasteiger partial charge in [-0.1, -0.05) is 18.3 Å². The summed E-state index contributed by atoms with van der Waals surface area (Å²) >= 11 is 1.26. The number of hydrogen-bond donors (Lipinski definition) is 2. The van der Waals surface area contributed by atoms with Crippen molar-refractivity contribution in [1.29, 1.82) is 0 Å². The quantitative estimate of drug-likeness (QED) is 0.858. The molecule has 5 nitrogen and oxygen atoms in total. The minimum absolute atomic E-state index is 0.0446. The Hall–Kier alpha value is -1.43. The number of carbonyl (C=O) groups excluding carboxylic acids is 2. The van der Waals surface area contributed by atoms with Gasteiger partial charge in [-0.2, -0.15) is 0 Å². The minimum atomic E-state index is -0.0778. The summed E-state index contributed by atoms with van der Waals surface area (Å²) in [5.41, 5.74) is 0.803. The van der Waals surface area contributed by atoms with E-state index < -0.39 is 0 Å². The molecular formula is C11H15N3O2S. The molecule has 1 aromatic rings. The molecule has 2 amide bonds. The fraction of sp³-hybridized carbons (Fsp3) is 0.545. The van der Waals surface area contributed by atoms with Crippen LogP contribution in [-0.2, 0) is 11.2 Å². The second-order valence-corrected chi connectivity index (χ2v) is 4.95. The van der Waals surface area contributed by atoms with E-state index in [1.807, 2.05) is 6.92 Å². The maximum absolute atomic E-state index is 11.7. The molecule has 0 fully saturated rings. The van der Waals surface area contributed by atoms with Gasteiger partial charge in [0.25, 0.3) is 5.91 Å². The number of carbonyl (C=O) groups is 2. The summed E-state index contributed by atoms with van der Waals surface area (Å²) < 4.78 is 0. The van der Waals surface area contributed by atoms with Gasteiger partial charge < -0.3 is 10.6 Å². The zero-order valence-electron chi connectivity index (χ0n) is 9.71. The summed E-state index contributed by atoms with van der Waals surface area (Å²) in [5.74, 6) is -0.122. The van der Waals surface area contributed by atoms with Crippen LogP contribution in [0.3, 0.4) is 0 Å². The molecule has 1 aliphatic heterocycles. The molecule has 2 heterocycles. The van der Waals surface area contributed by atoms with Gasteiger partial charge in [-0.15, -0.1) is 0 Å². The van der Waals surface area contributed by atoms with Crippen molar-refractivity contribution < 1.29 is 9.59 Å². The van der Waals surface area contributed by atoms with Crippen LogP contribution in [0.15, 0.2) is 0 Å². The standard InChI is InChI=1S/C11H15N3O2S/c1-2-4-8(15)14-11-13-7-5-3-6-12-10(16)9(7)17-11/h2-6H2,1H3,(H,12,16)(H,13,14,15). The molecule has 0 saturated carbocycles. The molecule has 0 spiro atoms. The Kier molecular flexibility index (Phi) is 3.73. The van der Waals surface area contributed by atoms with E-state index in [-0.39, 0.29) is 11.8 Å². The lowest BCUT2D eigenvalue weighted by molar-refractivity contribution is -0.116. The van der Waals surface area contributed by atoms with Crippen molar-refractivity contribution >= 4 is 28.3 Å². The van der Waals surface area contributed by atoms with Crippen LogP contribution in [0.2, 0.25) is 0 Å². The molecule has 0 saturated heterocycles. The predicted molar refractivity (Wildman–Crippen MR) is 66.3 cm³/mol. The number of thiazole rings is 1. The van der Waals surface area contributed by atoms with Crippen LogP contribution in [0, 0.1) is 0 Å². The monoisotopic (exact) mass is 253 g/mol. The second-order valence-electron chi connectivity index (χ2n) is 3.95. The van der Waals surface area contributed by atoms with Gasteiger partial charge in [0, 0.05) is 13.0 Å². The Morgan fingerprint density at radius 1 is 1.59 bits per heavy atom. The number of fused-ring (bicyclic) bond motifs is 1. The van der Waals surface area contributed by atoms with E-state index >= 15 is 0 Å². The van der Waals surface area contributed by atoms with E-state index in [9.17, 15) is 9.59 Å². The summed E-state index contributed by atoms with van der Waals surface area (Å²) in [6.07, 6.45) is 2.97. The smallest absolute Gasteiger partial charge is 0.263 e. The fourth-order valence-corrected chi connectivity index (χ4v) is 2.64. The number of anilines is 1. The number of aryl methyl sites for hydroxylation is 1. The van der Waals surface area contributed by atoms with Crippen molar-refractivity contribution in [1.82, 2.24) is 10.3 Å². The molecule has 0 aromatic carbocycles. The van der Waals surface area contributed by atoms with Crippen LogP contribution in [-0.4, -0.2) is 23.3 Å². The molecular weight excluding hydrogens is 238 g/mol. The summed E-state index contributed by atoms with van der Waals surface area (Å²) in [5, 5.41) is 6.07. The van der Waals surface area contributed by atoms with Gasteiger partial charge in [0.15, 0.2) is 5.13 Å². The molecule has 2 rings (SSSR count). The fourth-order valence-electron chi connectivity index (χ4n) is 1.70. The molecule has 0 radical (unpaired) electrons. The highest BCUT2D eigenvalue weighted by atomic mass is 32.1. The first-order valence-corrected chi connectivity index (χ1v) is 6.60. The van der Waals surface area contributed by atoms with Crippen molar-refractivity contribution in [3.63, 3.8) is 0 Å². The lowest BCUT2D eigenvalue weighted by atomic mass is 10.2. The van der Waals surface area contributed by atoms with Gasteiger partial charge in [-0.3, -0.25) is 9.59 Å². The SMILES string of the molecule is CCCC(=O)Nc1nc2c(s1)C(=O)NCCC2. The van der Waals surface area contributed by atoms with Crippen molar-refractivity contribution in [2.75, 3.05) is 11.9 Å². The van der Waals surface area contributed by atoms with Gasteiger partial charge in [-0.25, -0.2) is 4.98 Å². The Labute approximate surface area is 104 Å². The third-order valence-electron chi connectivity index (χ3n) is 2.50. The van der Waals surface area contributed by atoms with Crippen molar-refractivity contribution in [2.24, 2.45) is 0 Å². The van der Waals surface area contributed by atoms with Crippen LogP contribution in [0.25, 0.3) is 0 Å².